The third-order valence-electron chi connectivity index (χ3n) is 7.50. The van der Waals surface area contributed by atoms with E-state index in [0.717, 1.165) is 0 Å². The SMILES string of the molecule is Cc1ccc(-c2ccc3c(c2)C2(c4ccccc4-c4ccccc42)c2ccccc2-3)cc1I. The van der Waals surface area contributed by atoms with E-state index in [2.05, 4.69) is 139 Å². The molecule has 0 bridgehead atoms. The van der Waals surface area contributed by atoms with Crippen LogP contribution >= 0.6 is 22.6 Å². The van der Waals surface area contributed by atoms with Crippen LogP contribution in [0, 0.1) is 10.5 Å². The summed E-state index contributed by atoms with van der Waals surface area (Å²) in [5.74, 6) is 0. The molecule has 0 nitrogen and oxygen atoms in total. The van der Waals surface area contributed by atoms with Crippen LogP contribution in [-0.4, -0.2) is 0 Å². The van der Waals surface area contributed by atoms with Gasteiger partial charge in [0.25, 0.3) is 0 Å². The molecular formula is C32H21I. The molecule has 5 aromatic rings. The van der Waals surface area contributed by atoms with Gasteiger partial charge in [-0.25, -0.2) is 0 Å². The molecule has 156 valence electrons. The summed E-state index contributed by atoms with van der Waals surface area (Å²) >= 11 is 2.45. The first-order chi connectivity index (χ1) is 16.2. The summed E-state index contributed by atoms with van der Waals surface area (Å²) in [4.78, 5) is 0. The molecule has 0 N–H and O–H groups in total. The highest BCUT2D eigenvalue weighted by Crippen LogP contribution is 2.62. The Morgan fingerprint density at radius 3 is 1.48 bits per heavy atom. The quantitative estimate of drug-likeness (QED) is 0.186. The zero-order chi connectivity index (χ0) is 22.2. The number of halogens is 1. The van der Waals surface area contributed by atoms with E-state index in [9.17, 15) is 0 Å². The lowest BCUT2D eigenvalue weighted by Crippen LogP contribution is -2.25. The van der Waals surface area contributed by atoms with Crippen LogP contribution in [0.2, 0.25) is 0 Å². The van der Waals surface area contributed by atoms with Gasteiger partial charge in [0, 0.05) is 3.57 Å². The molecule has 0 radical (unpaired) electrons. The van der Waals surface area contributed by atoms with E-state index in [4.69, 9.17) is 0 Å². The highest BCUT2D eigenvalue weighted by Gasteiger charge is 2.51. The second kappa shape index (κ2) is 6.91. The average Bonchev–Trinajstić information content (AvgIpc) is 3.33. The van der Waals surface area contributed by atoms with Gasteiger partial charge in [0.05, 0.1) is 5.41 Å². The molecule has 1 spiro atoms. The highest BCUT2D eigenvalue weighted by atomic mass is 127. The number of benzene rings is 5. The molecule has 0 amide bonds. The van der Waals surface area contributed by atoms with Crippen molar-refractivity contribution in [1.29, 1.82) is 0 Å². The number of hydrogen-bond donors (Lipinski definition) is 0. The first-order valence-electron chi connectivity index (χ1n) is 11.4. The van der Waals surface area contributed by atoms with Crippen molar-refractivity contribution in [2.45, 2.75) is 12.3 Å². The molecular weight excluding hydrogens is 511 g/mol. The Balaban J connectivity index is 1.60. The van der Waals surface area contributed by atoms with Gasteiger partial charge in [-0.15, -0.1) is 0 Å². The van der Waals surface area contributed by atoms with Crippen LogP contribution in [0.1, 0.15) is 27.8 Å². The maximum absolute atomic E-state index is 2.45. The van der Waals surface area contributed by atoms with E-state index in [1.165, 1.54) is 64.8 Å². The van der Waals surface area contributed by atoms with Crippen LogP contribution in [-0.2, 0) is 5.41 Å². The van der Waals surface area contributed by atoms with Gasteiger partial charge in [-0.05, 0) is 103 Å². The molecule has 2 aliphatic carbocycles. The minimum Gasteiger partial charge on any atom is -0.0619 e. The Bertz CT molecular complexity index is 1530. The van der Waals surface area contributed by atoms with Gasteiger partial charge in [0.2, 0.25) is 0 Å². The molecule has 7 rings (SSSR count). The summed E-state index contributed by atoms with van der Waals surface area (Å²) < 4.78 is 1.31. The predicted octanol–water partition coefficient (Wildman–Crippen LogP) is 8.61. The van der Waals surface area contributed by atoms with E-state index in [-0.39, 0.29) is 5.41 Å². The topological polar surface area (TPSA) is 0 Å². The number of fused-ring (bicyclic) bond motifs is 10. The Labute approximate surface area is 208 Å². The van der Waals surface area contributed by atoms with Gasteiger partial charge in [0.15, 0.2) is 0 Å². The van der Waals surface area contributed by atoms with Crippen LogP contribution in [0.25, 0.3) is 33.4 Å². The second-order valence-electron chi connectivity index (χ2n) is 9.11. The molecule has 5 aromatic carbocycles. The third kappa shape index (κ3) is 2.46. The fourth-order valence-corrected chi connectivity index (χ4v) is 6.56. The van der Waals surface area contributed by atoms with E-state index in [1.54, 1.807) is 0 Å². The van der Waals surface area contributed by atoms with Gasteiger partial charge >= 0.3 is 0 Å². The van der Waals surface area contributed by atoms with Crippen molar-refractivity contribution in [3.8, 4) is 33.4 Å². The molecule has 0 saturated carbocycles. The first kappa shape index (κ1) is 19.3. The Morgan fingerprint density at radius 1 is 0.485 bits per heavy atom. The van der Waals surface area contributed by atoms with Crippen molar-refractivity contribution in [3.05, 3.63) is 141 Å². The summed E-state index contributed by atoms with van der Waals surface area (Å²) in [7, 11) is 0. The van der Waals surface area contributed by atoms with Crippen LogP contribution in [0.3, 0.4) is 0 Å². The minimum atomic E-state index is -0.271. The molecule has 0 aliphatic heterocycles. The van der Waals surface area contributed by atoms with E-state index >= 15 is 0 Å². The number of rotatable bonds is 1. The Morgan fingerprint density at radius 2 is 0.939 bits per heavy atom. The Kier molecular flexibility index (Phi) is 4.05. The zero-order valence-electron chi connectivity index (χ0n) is 18.3. The average molecular weight is 532 g/mol. The molecule has 2 aliphatic rings. The Hall–Kier alpha value is -3.17. The van der Waals surface area contributed by atoms with Gasteiger partial charge < -0.3 is 0 Å². The molecule has 0 unspecified atom stereocenters. The van der Waals surface area contributed by atoms with Crippen molar-refractivity contribution >= 4 is 22.6 Å². The predicted molar refractivity (Wildman–Crippen MR) is 146 cm³/mol. The second-order valence-corrected chi connectivity index (χ2v) is 10.3. The highest BCUT2D eigenvalue weighted by molar-refractivity contribution is 14.1. The van der Waals surface area contributed by atoms with Crippen LogP contribution in [0.15, 0.2) is 109 Å². The smallest absolute Gasteiger partial charge is 0.0619 e. The fourth-order valence-electron chi connectivity index (χ4n) is 6.05. The molecule has 0 aromatic heterocycles. The summed E-state index contributed by atoms with van der Waals surface area (Å²) in [6.45, 7) is 2.17. The molecule has 0 saturated heterocycles. The zero-order valence-corrected chi connectivity index (χ0v) is 20.4. The van der Waals surface area contributed by atoms with Gasteiger partial charge in [-0.3, -0.25) is 0 Å². The van der Waals surface area contributed by atoms with E-state index in [1.807, 2.05) is 0 Å². The molecule has 0 atom stereocenters. The summed E-state index contributed by atoms with van der Waals surface area (Å²) in [6.07, 6.45) is 0. The summed E-state index contributed by atoms with van der Waals surface area (Å²) in [5.41, 5.74) is 14.6. The number of aryl methyl sites for hydroxylation is 1. The lowest BCUT2D eigenvalue weighted by molar-refractivity contribution is 0.794. The first-order valence-corrected chi connectivity index (χ1v) is 12.5. The maximum atomic E-state index is 2.45. The lowest BCUT2D eigenvalue weighted by atomic mass is 9.70. The summed E-state index contributed by atoms with van der Waals surface area (Å²) in [6, 6.07) is 40.8. The van der Waals surface area contributed by atoms with Crippen molar-refractivity contribution in [3.63, 3.8) is 0 Å². The fraction of sp³-hybridized carbons (Fsp3) is 0.0625. The van der Waals surface area contributed by atoms with Gasteiger partial charge in [-0.2, -0.15) is 0 Å². The third-order valence-corrected chi connectivity index (χ3v) is 8.66. The molecule has 0 fully saturated rings. The van der Waals surface area contributed by atoms with E-state index < -0.39 is 0 Å². The van der Waals surface area contributed by atoms with Crippen molar-refractivity contribution in [2.24, 2.45) is 0 Å². The van der Waals surface area contributed by atoms with Crippen LogP contribution in [0.4, 0.5) is 0 Å². The molecule has 33 heavy (non-hydrogen) atoms. The minimum absolute atomic E-state index is 0.271. The molecule has 1 heteroatoms. The van der Waals surface area contributed by atoms with Crippen molar-refractivity contribution < 1.29 is 0 Å². The number of hydrogen-bond acceptors (Lipinski definition) is 0. The normalized spacial score (nSPS) is 14.0. The van der Waals surface area contributed by atoms with Crippen LogP contribution in [0.5, 0.6) is 0 Å². The van der Waals surface area contributed by atoms with Crippen molar-refractivity contribution in [2.75, 3.05) is 0 Å². The standard InChI is InChI=1S/C32H21I/c1-20-14-15-22(19-31(20)33)21-16-17-26-25-10-4-7-13-29(25)32(30(26)18-21)27-11-5-2-8-23(27)24-9-3-6-12-28(24)32/h2-19H,1H3. The van der Waals surface area contributed by atoms with Gasteiger partial charge in [-0.1, -0.05) is 97.1 Å². The monoisotopic (exact) mass is 532 g/mol. The maximum Gasteiger partial charge on any atom is 0.0725 e. The summed E-state index contributed by atoms with van der Waals surface area (Å²) in [5, 5.41) is 0. The van der Waals surface area contributed by atoms with Crippen LogP contribution < -0.4 is 0 Å². The van der Waals surface area contributed by atoms with Gasteiger partial charge in [0.1, 0.15) is 0 Å². The molecule has 0 heterocycles. The lowest BCUT2D eigenvalue weighted by Gasteiger charge is -2.30. The largest absolute Gasteiger partial charge is 0.0725 e. The van der Waals surface area contributed by atoms with Crippen molar-refractivity contribution in [1.82, 2.24) is 0 Å². The van der Waals surface area contributed by atoms with E-state index in [0.29, 0.717) is 0 Å².